The number of methoxy groups -OCH3 is 1. The van der Waals surface area contributed by atoms with E-state index in [1.807, 2.05) is 12.2 Å². The van der Waals surface area contributed by atoms with Crippen LogP contribution in [0.5, 0.6) is 0 Å². The Hall–Kier alpha value is -2.85. The lowest BCUT2D eigenvalue weighted by atomic mass is 9.72. The van der Waals surface area contributed by atoms with E-state index >= 15 is 0 Å². The molecule has 0 bridgehead atoms. The summed E-state index contributed by atoms with van der Waals surface area (Å²) >= 11 is 0. The van der Waals surface area contributed by atoms with Crippen molar-refractivity contribution >= 4 is 5.84 Å². The minimum absolute atomic E-state index is 0.0265. The second-order valence-electron chi connectivity index (χ2n) is 7.89. The summed E-state index contributed by atoms with van der Waals surface area (Å²) in [5.41, 5.74) is 10.1. The van der Waals surface area contributed by atoms with Gasteiger partial charge in [-0.25, -0.2) is 0 Å². The fraction of sp³-hybridized carbons (Fsp3) is 0.292. The summed E-state index contributed by atoms with van der Waals surface area (Å²) in [5, 5.41) is 0. The summed E-state index contributed by atoms with van der Waals surface area (Å²) in [6.07, 6.45) is 9.46. The molecule has 2 aromatic carbocycles. The lowest BCUT2D eigenvalue weighted by molar-refractivity contribution is 0.253. The van der Waals surface area contributed by atoms with Crippen molar-refractivity contribution in [1.29, 1.82) is 0 Å². The molecule has 0 aromatic heterocycles. The van der Waals surface area contributed by atoms with Gasteiger partial charge >= 0.3 is 0 Å². The third-order valence-corrected chi connectivity index (χ3v) is 6.26. The number of hydrogen-bond donors (Lipinski definition) is 1. The maximum atomic E-state index is 6.51. The van der Waals surface area contributed by atoms with Gasteiger partial charge in [0, 0.05) is 17.8 Å². The Kier molecular flexibility index (Phi) is 4.09. The van der Waals surface area contributed by atoms with E-state index in [1.54, 1.807) is 7.11 Å². The molecule has 2 atom stereocenters. The number of allylic oxidation sites excluding steroid dienone is 1. The van der Waals surface area contributed by atoms with Gasteiger partial charge < -0.3 is 15.4 Å². The van der Waals surface area contributed by atoms with Gasteiger partial charge in [0.25, 0.3) is 0 Å². The van der Waals surface area contributed by atoms with Crippen LogP contribution in [0.15, 0.2) is 83.7 Å². The van der Waals surface area contributed by atoms with Crippen molar-refractivity contribution in [3.63, 3.8) is 0 Å². The van der Waals surface area contributed by atoms with E-state index in [2.05, 4.69) is 65.7 Å². The fourth-order valence-corrected chi connectivity index (χ4v) is 4.42. The Morgan fingerprint density at radius 1 is 1.04 bits per heavy atom. The Balaban J connectivity index is 1.53. The van der Waals surface area contributed by atoms with Crippen molar-refractivity contribution in [3.8, 4) is 0 Å². The van der Waals surface area contributed by atoms with Crippen molar-refractivity contribution in [3.05, 3.63) is 95.4 Å². The molecular weight excluding hydrogens is 346 g/mol. The highest BCUT2D eigenvalue weighted by Gasteiger charge is 2.38. The van der Waals surface area contributed by atoms with Gasteiger partial charge in [0.15, 0.2) is 0 Å². The van der Waals surface area contributed by atoms with Crippen LogP contribution in [0.25, 0.3) is 0 Å². The molecule has 4 heteroatoms. The second kappa shape index (κ2) is 6.64. The van der Waals surface area contributed by atoms with Crippen LogP contribution in [0.2, 0.25) is 0 Å². The predicted octanol–water partition coefficient (Wildman–Crippen LogP) is 4.58. The van der Waals surface area contributed by atoms with E-state index in [9.17, 15) is 0 Å². The number of fused-ring (bicyclic) bond motifs is 1. The van der Waals surface area contributed by atoms with Crippen molar-refractivity contribution in [2.24, 2.45) is 10.7 Å². The normalized spacial score (nSPS) is 24.9. The van der Waals surface area contributed by atoms with Crippen LogP contribution in [0, 0.1) is 0 Å². The summed E-state index contributed by atoms with van der Waals surface area (Å²) in [7, 11) is 1.69. The van der Waals surface area contributed by atoms with E-state index in [0.717, 1.165) is 24.4 Å². The first-order chi connectivity index (χ1) is 13.7. The molecule has 0 spiro atoms. The number of amidine groups is 1. The molecule has 0 saturated heterocycles. The highest BCUT2D eigenvalue weighted by atomic mass is 16.5. The van der Waals surface area contributed by atoms with Crippen molar-refractivity contribution in [1.82, 2.24) is 4.90 Å². The molecule has 2 aromatic rings. The van der Waals surface area contributed by atoms with Crippen LogP contribution < -0.4 is 5.73 Å². The van der Waals surface area contributed by atoms with E-state index in [-0.39, 0.29) is 17.6 Å². The maximum Gasteiger partial charge on any atom is 0.132 e. The first-order valence-corrected chi connectivity index (χ1v) is 9.92. The van der Waals surface area contributed by atoms with Gasteiger partial charge in [-0.05, 0) is 42.0 Å². The predicted molar refractivity (Wildman–Crippen MR) is 112 cm³/mol. The summed E-state index contributed by atoms with van der Waals surface area (Å²) < 4.78 is 5.41. The molecule has 1 saturated carbocycles. The van der Waals surface area contributed by atoms with Gasteiger partial charge in [-0.1, -0.05) is 54.6 Å². The number of hydrogen-bond acceptors (Lipinski definition) is 4. The van der Waals surface area contributed by atoms with Gasteiger partial charge in [-0.15, -0.1) is 0 Å². The highest BCUT2D eigenvalue weighted by Crippen LogP contribution is 2.45. The molecule has 5 rings (SSSR count). The summed E-state index contributed by atoms with van der Waals surface area (Å²) in [5.74, 6) is 1.77. The first-order valence-electron chi connectivity index (χ1n) is 9.92. The Labute approximate surface area is 166 Å². The maximum absolute atomic E-state index is 6.51. The van der Waals surface area contributed by atoms with E-state index < -0.39 is 0 Å². The molecule has 1 aliphatic carbocycles. The number of aliphatic imine (C=N–C) groups is 1. The number of nitrogens with zero attached hydrogens (tertiary/aromatic N) is 2. The molecule has 4 nitrogen and oxygen atoms in total. The topological polar surface area (TPSA) is 50.9 Å². The van der Waals surface area contributed by atoms with Gasteiger partial charge in [-0.2, -0.15) is 0 Å². The zero-order chi connectivity index (χ0) is 19.1. The molecule has 2 N–H and O–H groups in total. The van der Waals surface area contributed by atoms with Crippen molar-refractivity contribution in [2.75, 3.05) is 7.11 Å². The smallest absolute Gasteiger partial charge is 0.132 e. The van der Waals surface area contributed by atoms with Crippen LogP contribution in [0.1, 0.15) is 48.0 Å². The standard InChI is InChI=1S/C24H25N3O/c1-28-20-12-15-27-21(16-20)26-22(23(27)18-6-3-2-4-7-18)17-8-10-19(11-9-17)24(25)13-5-14-24/h2-4,6-12,15-16,22-23H,5,13-14,25H2,1H3. The molecular formula is C24H25N3O. The minimum atomic E-state index is -0.130. The Morgan fingerprint density at radius 2 is 1.79 bits per heavy atom. The number of ether oxygens (including phenoxy) is 1. The molecule has 3 aliphatic rings. The number of benzene rings is 2. The highest BCUT2D eigenvalue weighted by molar-refractivity contribution is 5.97. The van der Waals surface area contributed by atoms with Crippen molar-refractivity contribution in [2.45, 2.75) is 36.9 Å². The van der Waals surface area contributed by atoms with Gasteiger partial charge in [-0.3, -0.25) is 4.99 Å². The molecule has 1 fully saturated rings. The second-order valence-corrected chi connectivity index (χ2v) is 7.89. The van der Waals surface area contributed by atoms with Crippen molar-refractivity contribution < 1.29 is 4.74 Å². The van der Waals surface area contributed by atoms with Crippen LogP contribution in [-0.2, 0) is 10.3 Å². The zero-order valence-corrected chi connectivity index (χ0v) is 16.1. The fourth-order valence-electron chi connectivity index (χ4n) is 4.42. The molecule has 142 valence electrons. The van der Waals surface area contributed by atoms with E-state index in [0.29, 0.717) is 0 Å². The molecule has 2 heterocycles. The van der Waals surface area contributed by atoms with E-state index in [4.69, 9.17) is 15.5 Å². The monoisotopic (exact) mass is 371 g/mol. The zero-order valence-electron chi connectivity index (χ0n) is 16.1. The van der Waals surface area contributed by atoms with Gasteiger partial charge in [0.05, 0.1) is 13.2 Å². The van der Waals surface area contributed by atoms with Crippen LogP contribution >= 0.6 is 0 Å². The molecule has 28 heavy (non-hydrogen) atoms. The van der Waals surface area contributed by atoms with Gasteiger partial charge in [0.1, 0.15) is 17.6 Å². The summed E-state index contributed by atoms with van der Waals surface area (Å²) in [4.78, 5) is 7.31. The first kappa shape index (κ1) is 17.3. The SMILES string of the molecule is COC1=CC2=NC(c3ccc(C4(N)CCC4)cc3)C(c3ccccc3)N2C=C1. The molecule has 2 aliphatic heterocycles. The van der Waals surface area contributed by atoms with Crippen LogP contribution in [0.3, 0.4) is 0 Å². The average molecular weight is 371 g/mol. The number of nitrogens with two attached hydrogens (primary N) is 1. The molecule has 0 radical (unpaired) electrons. The van der Waals surface area contributed by atoms with Crippen LogP contribution in [-0.4, -0.2) is 17.8 Å². The van der Waals surface area contributed by atoms with E-state index in [1.165, 1.54) is 23.1 Å². The van der Waals surface area contributed by atoms with Crippen LogP contribution in [0.4, 0.5) is 0 Å². The Morgan fingerprint density at radius 3 is 2.43 bits per heavy atom. The lowest BCUT2D eigenvalue weighted by Gasteiger charge is -2.38. The third kappa shape index (κ3) is 2.76. The Bertz CT molecular complexity index is 955. The number of rotatable bonds is 4. The quantitative estimate of drug-likeness (QED) is 0.856. The van der Waals surface area contributed by atoms with Gasteiger partial charge in [0.2, 0.25) is 0 Å². The molecule has 0 amide bonds. The summed E-state index contributed by atoms with van der Waals surface area (Å²) in [6, 6.07) is 19.5. The largest absolute Gasteiger partial charge is 0.497 e. The average Bonchev–Trinajstić information content (AvgIpc) is 3.11. The molecule has 2 unspecified atom stereocenters. The minimum Gasteiger partial charge on any atom is -0.497 e. The third-order valence-electron chi connectivity index (χ3n) is 6.26. The summed E-state index contributed by atoms with van der Waals surface area (Å²) in [6.45, 7) is 0. The lowest BCUT2D eigenvalue weighted by Crippen LogP contribution is -2.43.